The minimum Gasteiger partial charge on any atom is -0.406 e. The highest BCUT2D eigenvalue weighted by atomic mass is 19.4. The zero-order chi connectivity index (χ0) is 21.8. The van der Waals surface area contributed by atoms with Crippen molar-refractivity contribution in [2.24, 2.45) is 0 Å². The van der Waals surface area contributed by atoms with Crippen LogP contribution in [-0.2, 0) is 16.7 Å². The van der Waals surface area contributed by atoms with E-state index in [9.17, 15) is 13.2 Å². The number of nitrogens with one attached hydrogen (secondary N) is 1. The first-order chi connectivity index (χ1) is 14.9. The highest BCUT2D eigenvalue weighted by molar-refractivity contribution is 5.27. The van der Waals surface area contributed by atoms with Gasteiger partial charge in [-0.3, -0.25) is 4.98 Å². The molecule has 1 saturated carbocycles. The van der Waals surface area contributed by atoms with Gasteiger partial charge in [0.05, 0.1) is 5.60 Å². The van der Waals surface area contributed by atoms with Crippen molar-refractivity contribution in [2.45, 2.75) is 68.9 Å². The predicted molar refractivity (Wildman–Crippen MR) is 112 cm³/mol. The maximum absolute atomic E-state index is 12.3. The summed E-state index contributed by atoms with van der Waals surface area (Å²) in [5.41, 5.74) is 2.03. The topological polar surface area (TPSA) is 43.4 Å². The third-order valence-electron chi connectivity index (χ3n) is 6.64. The number of ether oxygens (including phenoxy) is 2. The summed E-state index contributed by atoms with van der Waals surface area (Å²) in [5.74, 6) is -0.200. The molecule has 0 amide bonds. The summed E-state index contributed by atoms with van der Waals surface area (Å²) in [5, 5.41) is 3.46. The van der Waals surface area contributed by atoms with Gasteiger partial charge in [-0.05, 0) is 68.5 Å². The van der Waals surface area contributed by atoms with E-state index in [1.54, 1.807) is 12.1 Å². The molecule has 1 aromatic heterocycles. The van der Waals surface area contributed by atoms with Gasteiger partial charge in [0.1, 0.15) is 5.75 Å². The Morgan fingerprint density at radius 3 is 2.48 bits per heavy atom. The zero-order valence-electron chi connectivity index (χ0n) is 17.6. The smallest absolute Gasteiger partial charge is 0.406 e. The second-order valence-corrected chi connectivity index (χ2v) is 8.78. The summed E-state index contributed by atoms with van der Waals surface area (Å²) in [4.78, 5) is 4.72. The first kappa shape index (κ1) is 22.1. The molecule has 1 saturated heterocycles. The lowest BCUT2D eigenvalue weighted by Crippen LogP contribution is -2.47. The van der Waals surface area contributed by atoms with Gasteiger partial charge in [-0.15, -0.1) is 13.2 Å². The molecule has 2 fully saturated rings. The molecule has 1 aromatic carbocycles. The van der Waals surface area contributed by atoms with Crippen LogP contribution in [0, 0.1) is 0 Å². The van der Waals surface area contributed by atoms with Crippen LogP contribution in [0.4, 0.5) is 13.2 Å². The number of benzene rings is 1. The molecular formula is C24H29F3N2O2. The van der Waals surface area contributed by atoms with Gasteiger partial charge in [0, 0.05) is 30.5 Å². The van der Waals surface area contributed by atoms with Crippen molar-refractivity contribution < 1.29 is 22.6 Å². The van der Waals surface area contributed by atoms with Crippen LogP contribution in [0.3, 0.4) is 0 Å². The number of alkyl halides is 3. The lowest BCUT2D eigenvalue weighted by atomic mass is 9.68. The van der Waals surface area contributed by atoms with Crippen LogP contribution >= 0.6 is 0 Å². The standard InChI is InChI=1S/C24H29F3N2O2/c25-24(26,27)31-20-8-6-19(7-9-20)17-28-15-12-22(21-5-1-4-14-29-21)13-16-30-23(18-22)10-2-3-11-23/h1,4-9,14,28H,2-3,10-13,15-18H2. The lowest BCUT2D eigenvalue weighted by Gasteiger charge is -2.46. The molecule has 1 aliphatic heterocycles. The molecule has 2 aromatic rings. The van der Waals surface area contributed by atoms with Crippen LogP contribution in [0.5, 0.6) is 5.75 Å². The molecule has 1 unspecified atom stereocenters. The second-order valence-electron chi connectivity index (χ2n) is 8.78. The Bertz CT molecular complexity index is 836. The van der Waals surface area contributed by atoms with E-state index in [2.05, 4.69) is 22.2 Å². The Morgan fingerprint density at radius 2 is 1.81 bits per heavy atom. The van der Waals surface area contributed by atoms with E-state index in [0.29, 0.717) is 6.54 Å². The van der Waals surface area contributed by atoms with E-state index >= 15 is 0 Å². The van der Waals surface area contributed by atoms with E-state index in [1.807, 2.05) is 12.3 Å². The SMILES string of the molecule is FC(F)(F)Oc1ccc(CNCCC2(c3ccccn3)CCOC3(CCCC3)C2)cc1. The molecule has 0 bridgehead atoms. The van der Waals surface area contributed by atoms with Gasteiger partial charge in [-0.1, -0.05) is 31.0 Å². The second kappa shape index (κ2) is 9.17. The number of halogens is 3. The van der Waals surface area contributed by atoms with E-state index < -0.39 is 6.36 Å². The highest BCUT2D eigenvalue weighted by Gasteiger charge is 2.48. The van der Waals surface area contributed by atoms with E-state index in [-0.39, 0.29) is 16.8 Å². The maximum Gasteiger partial charge on any atom is 0.573 e. The van der Waals surface area contributed by atoms with Gasteiger partial charge < -0.3 is 14.8 Å². The Labute approximate surface area is 181 Å². The monoisotopic (exact) mass is 434 g/mol. The molecule has 31 heavy (non-hydrogen) atoms. The number of nitrogens with zero attached hydrogens (tertiary/aromatic N) is 1. The molecule has 4 rings (SSSR count). The van der Waals surface area contributed by atoms with Crippen molar-refractivity contribution in [3.05, 3.63) is 59.9 Å². The molecule has 7 heteroatoms. The molecule has 1 atom stereocenters. The van der Waals surface area contributed by atoms with Crippen LogP contribution in [0.2, 0.25) is 0 Å². The van der Waals surface area contributed by atoms with Crippen molar-refractivity contribution in [1.82, 2.24) is 10.3 Å². The number of hydrogen-bond acceptors (Lipinski definition) is 4. The van der Waals surface area contributed by atoms with Crippen molar-refractivity contribution in [3.63, 3.8) is 0 Å². The fourth-order valence-electron chi connectivity index (χ4n) is 5.17. The minimum absolute atomic E-state index is 0.00984. The normalized spacial score (nSPS) is 23.2. The van der Waals surface area contributed by atoms with Crippen LogP contribution in [-0.4, -0.2) is 30.1 Å². The lowest BCUT2D eigenvalue weighted by molar-refractivity contribution is -0.274. The summed E-state index contributed by atoms with van der Waals surface area (Å²) in [6.07, 6.45) is 4.81. The number of aromatic nitrogens is 1. The third-order valence-corrected chi connectivity index (χ3v) is 6.64. The van der Waals surface area contributed by atoms with E-state index in [1.165, 1.54) is 25.0 Å². The van der Waals surface area contributed by atoms with Crippen molar-refractivity contribution in [2.75, 3.05) is 13.2 Å². The van der Waals surface area contributed by atoms with E-state index in [4.69, 9.17) is 9.72 Å². The molecule has 1 spiro atoms. The number of pyridine rings is 1. The Balaban J connectivity index is 1.37. The fraction of sp³-hybridized carbons (Fsp3) is 0.542. The molecule has 4 nitrogen and oxygen atoms in total. The van der Waals surface area contributed by atoms with Crippen molar-refractivity contribution in [1.29, 1.82) is 0 Å². The van der Waals surface area contributed by atoms with Gasteiger partial charge in [-0.2, -0.15) is 0 Å². The van der Waals surface area contributed by atoms with Gasteiger partial charge in [0.25, 0.3) is 0 Å². The Hall–Kier alpha value is -2.12. The van der Waals surface area contributed by atoms with Gasteiger partial charge in [0.2, 0.25) is 0 Å². The average molecular weight is 435 g/mol. The highest BCUT2D eigenvalue weighted by Crippen LogP contribution is 2.49. The summed E-state index contributed by atoms with van der Waals surface area (Å²) in [7, 11) is 0. The Kier molecular flexibility index (Phi) is 6.53. The molecule has 1 aliphatic carbocycles. The fourth-order valence-corrected chi connectivity index (χ4v) is 5.17. The number of hydrogen-bond donors (Lipinski definition) is 1. The first-order valence-corrected chi connectivity index (χ1v) is 11.0. The molecule has 2 aliphatic rings. The summed E-state index contributed by atoms with van der Waals surface area (Å²) < 4.78 is 47.1. The van der Waals surface area contributed by atoms with Crippen LogP contribution < -0.4 is 10.1 Å². The predicted octanol–water partition coefficient (Wildman–Crippen LogP) is 5.52. The van der Waals surface area contributed by atoms with Gasteiger partial charge in [0.15, 0.2) is 0 Å². The summed E-state index contributed by atoms with van der Waals surface area (Å²) in [6.45, 7) is 2.15. The Morgan fingerprint density at radius 1 is 1.03 bits per heavy atom. The number of rotatable bonds is 7. The summed E-state index contributed by atoms with van der Waals surface area (Å²) >= 11 is 0. The maximum atomic E-state index is 12.3. The van der Waals surface area contributed by atoms with Crippen LogP contribution in [0.1, 0.15) is 56.2 Å². The molecule has 168 valence electrons. The van der Waals surface area contributed by atoms with Crippen LogP contribution in [0.15, 0.2) is 48.7 Å². The molecule has 1 N–H and O–H groups in total. The molecule has 2 heterocycles. The third kappa shape index (κ3) is 5.57. The first-order valence-electron chi connectivity index (χ1n) is 11.0. The van der Waals surface area contributed by atoms with Gasteiger partial charge in [-0.25, -0.2) is 0 Å². The van der Waals surface area contributed by atoms with Crippen LogP contribution in [0.25, 0.3) is 0 Å². The largest absolute Gasteiger partial charge is 0.573 e. The average Bonchev–Trinajstić information content (AvgIpc) is 3.19. The molecular weight excluding hydrogens is 405 g/mol. The van der Waals surface area contributed by atoms with Crippen molar-refractivity contribution >= 4 is 0 Å². The quantitative estimate of drug-likeness (QED) is 0.583. The molecule has 0 radical (unpaired) electrons. The zero-order valence-corrected chi connectivity index (χ0v) is 17.6. The minimum atomic E-state index is -4.67. The van der Waals surface area contributed by atoms with E-state index in [0.717, 1.165) is 56.5 Å². The van der Waals surface area contributed by atoms with Crippen molar-refractivity contribution in [3.8, 4) is 5.75 Å². The van der Waals surface area contributed by atoms with Gasteiger partial charge >= 0.3 is 6.36 Å². The summed E-state index contributed by atoms with van der Waals surface area (Å²) in [6, 6.07) is 12.2.